The number of aromatic nitrogens is 3. The van der Waals surface area contributed by atoms with Crippen LogP contribution in [0.25, 0.3) is 0 Å². The van der Waals surface area contributed by atoms with Gasteiger partial charge in [0.05, 0.1) is 40.2 Å². The van der Waals surface area contributed by atoms with Gasteiger partial charge in [-0.3, -0.25) is 24.2 Å². The fraction of sp³-hybridized carbons (Fsp3) is 0.275. The lowest BCUT2D eigenvalue weighted by molar-refractivity contribution is 0.0705. The Hall–Kier alpha value is -7.55. The Kier molecular flexibility index (Phi) is 14.5. The highest BCUT2D eigenvalue weighted by Crippen LogP contribution is 2.31. The molecule has 14 heteroatoms. The zero-order valence-electron chi connectivity index (χ0n) is 36.8. The van der Waals surface area contributed by atoms with Crippen LogP contribution in [0.3, 0.4) is 0 Å². The molecule has 4 amide bonds. The largest absolute Gasteiger partial charge is 0.339 e. The van der Waals surface area contributed by atoms with E-state index >= 15 is 0 Å². The molecule has 4 heterocycles. The highest BCUT2D eigenvalue weighted by molar-refractivity contribution is 7.13. The van der Waals surface area contributed by atoms with Crippen molar-refractivity contribution in [3.05, 3.63) is 169 Å². The predicted molar refractivity (Wildman–Crippen MR) is 250 cm³/mol. The third-order valence-corrected chi connectivity index (χ3v) is 13.0. The number of benzene rings is 4. The Labute approximate surface area is 382 Å². The third-order valence-electron chi connectivity index (χ3n) is 12.0. The molecule has 0 aliphatic carbocycles. The number of anilines is 2. The van der Waals surface area contributed by atoms with Crippen LogP contribution in [-0.2, 0) is 0 Å². The molecule has 2 aromatic heterocycles. The smallest absolute Gasteiger partial charge is 0.275 e. The van der Waals surface area contributed by atoms with Crippen LogP contribution >= 0.6 is 11.3 Å². The number of hydrogen-bond acceptors (Lipinski definition) is 10. The van der Waals surface area contributed by atoms with Crippen LogP contribution < -0.4 is 10.6 Å². The van der Waals surface area contributed by atoms with Gasteiger partial charge in [0.25, 0.3) is 23.6 Å². The van der Waals surface area contributed by atoms with Gasteiger partial charge in [-0.25, -0.2) is 9.97 Å². The lowest BCUT2D eigenvalue weighted by atomic mass is 9.89. The fourth-order valence-corrected chi connectivity index (χ4v) is 8.97. The van der Waals surface area contributed by atoms with Gasteiger partial charge < -0.3 is 20.4 Å². The van der Waals surface area contributed by atoms with Crippen molar-refractivity contribution in [1.82, 2.24) is 24.8 Å². The molecule has 0 radical (unpaired) electrons. The first-order valence-electron chi connectivity index (χ1n) is 21.5. The monoisotopic (exact) mass is 883 g/mol. The molecule has 0 saturated carbocycles. The molecule has 4 aromatic carbocycles. The van der Waals surface area contributed by atoms with E-state index in [1.807, 2.05) is 104 Å². The molecule has 2 aliphatic rings. The number of nitrogens with zero attached hydrogens (tertiary/aromatic N) is 7. The Bertz CT molecular complexity index is 2780. The van der Waals surface area contributed by atoms with Crippen LogP contribution in [0.5, 0.6) is 0 Å². The Morgan fingerprint density at radius 1 is 0.631 bits per heavy atom. The molecule has 8 rings (SSSR count). The summed E-state index contributed by atoms with van der Waals surface area (Å²) in [4.78, 5) is 68.0. The van der Waals surface area contributed by atoms with Gasteiger partial charge in [0, 0.05) is 61.1 Å². The molecule has 328 valence electrons. The molecule has 2 N–H and O–H groups in total. The summed E-state index contributed by atoms with van der Waals surface area (Å²) in [6.45, 7) is 10.2. The molecule has 2 fully saturated rings. The second-order valence-corrected chi connectivity index (χ2v) is 17.5. The number of thiazole rings is 1. The van der Waals surface area contributed by atoms with Gasteiger partial charge in [0.15, 0.2) is 0 Å². The summed E-state index contributed by atoms with van der Waals surface area (Å²) in [6.07, 6.45) is 7.89. The summed E-state index contributed by atoms with van der Waals surface area (Å²) in [5.74, 6) is 0.141. The van der Waals surface area contributed by atoms with Gasteiger partial charge in [-0.15, -0.1) is 11.3 Å². The standard InChI is InChI=1S/C26H26N4O2S.C25H23N5O2/c1-16-4-7-22(14-23(16)29-25(31)24-17(2)28-18(3)33-24)26(32)30-12-10-21(11-13-30)20-8-5-19(15-27)6-9-20;1-17-2-5-21(14-22(17)29-24(31)23-16-27-10-11-28-23)25(32)30-12-8-20(9-13-30)19-6-3-18(15-26)4-7-19/h4-9,14,21H,10-13H2,1-3H3,(H,29,31);2-7,10-11,14,16,20H,8-9,12-13H2,1H3,(H,29,31). The van der Waals surface area contributed by atoms with E-state index in [1.165, 1.54) is 41.1 Å². The number of likely N-dealkylation sites (tertiary alicyclic amines) is 2. The molecule has 0 spiro atoms. The molecular formula is C51H49N9O4S. The number of rotatable bonds is 8. The summed E-state index contributed by atoms with van der Waals surface area (Å²) in [7, 11) is 0. The maximum atomic E-state index is 13.2. The maximum absolute atomic E-state index is 13.2. The number of aryl methyl sites for hydroxylation is 4. The van der Waals surface area contributed by atoms with Gasteiger partial charge in [0.1, 0.15) is 10.6 Å². The van der Waals surface area contributed by atoms with Crippen molar-refractivity contribution in [2.45, 2.75) is 65.2 Å². The topological polar surface area (TPSA) is 185 Å². The summed E-state index contributed by atoms with van der Waals surface area (Å²) in [6, 6.07) is 30.5. The minimum Gasteiger partial charge on any atom is -0.339 e. The van der Waals surface area contributed by atoms with Gasteiger partial charge in [-0.2, -0.15) is 10.5 Å². The normalized spacial score (nSPS) is 14.0. The van der Waals surface area contributed by atoms with E-state index in [2.05, 4.69) is 37.7 Å². The average Bonchev–Trinajstić information content (AvgIpc) is 3.70. The number of carbonyl (C=O) groups excluding carboxylic acids is 4. The zero-order chi connectivity index (χ0) is 46.0. The lowest BCUT2D eigenvalue weighted by Gasteiger charge is -2.32. The van der Waals surface area contributed by atoms with Crippen molar-refractivity contribution in [2.75, 3.05) is 36.8 Å². The summed E-state index contributed by atoms with van der Waals surface area (Å²) in [5, 5.41) is 24.6. The molecule has 6 aromatic rings. The summed E-state index contributed by atoms with van der Waals surface area (Å²) >= 11 is 1.37. The first-order valence-corrected chi connectivity index (χ1v) is 22.3. The highest BCUT2D eigenvalue weighted by atomic mass is 32.1. The van der Waals surface area contributed by atoms with Crippen LogP contribution in [0.2, 0.25) is 0 Å². The van der Waals surface area contributed by atoms with Crippen molar-refractivity contribution in [2.24, 2.45) is 0 Å². The van der Waals surface area contributed by atoms with Crippen molar-refractivity contribution in [3.8, 4) is 12.1 Å². The van der Waals surface area contributed by atoms with Crippen LogP contribution in [0.4, 0.5) is 11.4 Å². The van der Waals surface area contributed by atoms with E-state index < -0.39 is 0 Å². The van der Waals surface area contributed by atoms with E-state index in [0.717, 1.165) is 41.8 Å². The first-order chi connectivity index (χ1) is 31.4. The van der Waals surface area contributed by atoms with Crippen LogP contribution in [0, 0.1) is 50.4 Å². The molecule has 2 saturated heterocycles. The number of amides is 4. The molecule has 0 bridgehead atoms. The number of piperidine rings is 2. The summed E-state index contributed by atoms with van der Waals surface area (Å²) in [5.41, 5.74) is 8.78. The van der Waals surface area contributed by atoms with Crippen LogP contribution in [0.15, 0.2) is 104 Å². The van der Waals surface area contributed by atoms with E-state index in [9.17, 15) is 19.2 Å². The van der Waals surface area contributed by atoms with Crippen molar-refractivity contribution in [1.29, 1.82) is 10.5 Å². The fourth-order valence-electron chi connectivity index (χ4n) is 8.16. The zero-order valence-corrected chi connectivity index (χ0v) is 37.6. The number of nitriles is 2. The number of carbonyl (C=O) groups is 4. The SMILES string of the molecule is Cc1ccc(C(=O)N2CCC(c3ccc(C#N)cc3)CC2)cc1NC(=O)c1cnccn1.Cc1nc(C)c(C(=O)Nc2cc(C(=O)N3CCC(c4ccc(C#N)cc4)CC3)ccc2C)s1. The Morgan fingerprint density at radius 3 is 1.49 bits per heavy atom. The minimum atomic E-state index is -0.367. The number of nitrogens with one attached hydrogen (secondary N) is 2. The maximum Gasteiger partial charge on any atom is 0.275 e. The second kappa shape index (κ2) is 20.8. The first kappa shape index (κ1) is 45.5. The van der Waals surface area contributed by atoms with Gasteiger partial charge >= 0.3 is 0 Å². The molecule has 0 atom stereocenters. The third kappa shape index (κ3) is 11.2. The quantitative estimate of drug-likeness (QED) is 0.150. The molecule has 2 aliphatic heterocycles. The lowest BCUT2D eigenvalue weighted by Crippen LogP contribution is -2.38. The van der Waals surface area contributed by atoms with Crippen molar-refractivity contribution in [3.63, 3.8) is 0 Å². The molecule has 0 unspecified atom stereocenters. The summed E-state index contributed by atoms with van der Waals surface area (Å²) < 4.78 is 0. The molecular weight excluding hydrogens is 835 g/mol. The Morgan fingerprint density at radius 2 is 1.09 bits per heavy atom. The van der Waals surface area contributed by atoms with Crippen molar-refractivity contribution >= 4 is 46.3 Å². The van der Waals surface area contributed by atoms with Gasteiger partial charge in [-0.1, -0.05) is 36.4 Å². The molecule has 13 nitrogen and oxygen atoms in total. The van der Waals surface area contributed by atoms with E-state index in [1.54, 1.807) is 18.2 Å². The van der Waals surface area contributed by atoms with E-state index in [0.29, 0.717) is 82.2 Å². The van der Waals surface area contributed by atoms with Gasteiger partial charge in [0.2, 0.25) is 0 Å². The highest BCUT2D eigenvalue weighted by Gasteiger charge is 2.27. The van der Waals surface area contributed by atoms with E-state index in [4.69, 9.17) is 10.5 Å². The van der Waals surface area contributed by atoms with E-state index in [-0.39, 0.29) is 29.3 Å². The molecule has 65 heavy (non-hydrogen) atoms. The number of hydrogen-bond donors (Lipinski definition) is 2. The van der Waals surface area contributed by atoms with Crippen molar-refractivity contribution < 1.29 is 19.2 Å². The predicted octanol–water partition coefficient (Wildman–Crippen LogP) is 9.14. The second-order valence-electron chi connectivity index (χ2n) is 16.3. The average molecular weight is 884 g/mol. The van der Waals surface area contributed by atoms with Crippen LogP contribution in [0.1, 0.15) is 122 Å². The minimum absolute atomic E-state index is 0.0198. The van der Waals surface area contributed by atoms with Gasteiger partial charge in [-0.05, 0) is 136 Å². The Balaban J connectivity index is 0.000000194. The van der Waals surface area contributed by atoms with Crippen LogP contribution in [-0.4, -0.2) is 74.6 Å².